The van der Waals surface area contributed by atoms with Crippen LogP contribution >= 0.6 is 0 Å². The molecule has 0 aromatic heterocycles. The summed E-state index contributed by atoms with van der Waals surface area (Å²) < 4.78 is 61.6. The third kappa shape index (κ3) is 5.06. The minimum Gasteiger partial charge on any atom is -0.493 e. The first-order chi connectivity index (χ1) is 14.3. The molecule has 0 unspecified atom stereocenters. The average molecular weight is 440 g/mol. The largest absolute Gasteiger partial charge is 0.493 e. The molecule has 3 rings (SSSR count). The van der Waals surface area contributed by atoms with Crippen LogP contribution in [0.15, 0.2) is 47.4 Å². The molecule has 2 aromatic rings. The zero-order valence-corrected chi connectivity index (χ0v) is 17.1. The molecule has 0 saturated carbocycles. The highest BCUT2D eigenvalue weighted by Crippen LogP contribution is 2.30. The van der Waals surface area contributed by atoms with Crippen LogP contribution in [-0.2, 0) is 10.0 Å². The molecule has 0 aliphatic carbocycles. The second-order valence-electron chi connectivity index (χ2n) is 6.69. The maximum atomic E-state index is 12.8. The number of benzene rings is 2. The van der Waals surface area contributed by atoms with Crippen molar-refractivity contribution in [2.24, 2.45) is 0 Å². The van der Waals surface area contributed by atoms with E-state index in [2.05, 4.69) is 10.1 Å². The normalized spacial score (nSPS) is 15.1. The Kier molecular flexibility index (Phi) is 6.88. The Balaban J connectivity index is 1.80. The summed E-state index contributed by atoms with van der Waals surface area (Å²) in [4.78, 5) is 12.6. The minimum absolute atomic E-state index is 0.0516. The van der Waals surface area contributed by atoms with Crippen molar-refractivity contribution in [1.29, 1.82) is 0 Å². The summed E-state index contributed by atoms with van der Waals surface area (Å²) in [6, 6.07) is 9.79. The van der Waals surface area contributed by atoms with Crippen LogP contribution in [0.4, 0.5) is 14.5 Å². The van der Waals surface area contributed by atoms with Gasteiger partial charge in [0.05, 0.1) is 12.0 Å². The van der Waals surface area contributed by atoms with Gasteiger partial charge in [-0.1, -0.05) is 12.5 Å². The molecule has 0 atom stereocenters. The van der Waals surface area contributed by atoms with Gasteiger partial charge in [-0.15, -0.1) is 0 Å². The van der Waals surface area contributed by atoms with Gasteiger partial charge in [0.25, 0.3) is 5.91 Å². The Hall–Kier alpha value is -2.72. The Morgan fingerprint density at radius 1 is 1.07 bits per heavy atom. The second-order valence-corrected chi connectivity index (χ2v) is 8.63. The molecule has 0 radical (unpaired) electrons. The number of piperidine rings is 1. The van der Waals surface area contributed by atoms with Gasteiger partial charge in [-0.05, 0) is 49.2 Å². The van der Waals surface area contributed by atoms with Crippen LogP contribution < -0.4 is 14.8 Å². The number of amides is 1. The first-order valence-electron chi connectivity index (χ1n) is 9.35. The number of nitrogens with zero attached hydrogens (tertiary/aromatic N) is 1. The van der Waals surface area contributed by atoms with Gasteiger partial charge in [0.15, 0.2) is 11.5 Å². The number of methoxy groups -OCH3 is 1. The summed E-state index contributed by atoms with van der Waals surface area (Å²) in [6.07, 6.45) is 2.63. The van der Waals surface area contributed by atoms with Crippen molar-refractivity contribution in [3.05, 3.63) is 48.0 Å². The number of carbonyl (C=O) groups excluding carboxylic acids is 1. The third-order valence-corrected chi connectivity index (χ3v) is 6.58. The first kappa shape index (κ1) is 22.0. The van der Waals surface area contributed by atoms with E-state index >= 15 is 0 Å². The maximum absolute atomic E-state index is 12.8. The summed E-state index contributed by atoms with van der Waals surface area (Å²) in [5.41, 5.74) is 0.320. The van der Waals surface area contributed by atoms with Crippen molar-refractivity contribution in [3.63, 3.8) is 0 Å². The van der Waals surface area contributed by atoms with Gasteiger partial charge >= 0.3 is 6.61 Å². The number of alkyl halides is 2. The standard InChI is InChI=1S/C20H22F2N2O5S/c1-28-17-9-8-14(12-18(17)29-20(21)22)19(25)23-15-6-5-7-16(13-15)30(26,27)24-10-3-2-4-11-24/h5-9,12-13,20H,2-4,10-11H2,1H3,(H,23,25). The highest BCUT2D eigenvalue weighted by atomic mass is 32.2. The topological polar surface area (TPSA) is 84.9 Å². The van der Waals surface area contributed by atoms with Crippen molar-refractivity contribution in [1.82, 2.24) is 4.31 Å². The van der Waals surface area contributed by atoms with Gasteiger partial charge in [-0.25, -0.2) is 8.42 Å². The van der Waals surface area contributed by atoms with Gasteiger partial charge < -0.3 is 14.8 Å². The zero-order chi connectivity index (χ0) is 21.7. The predicted molar refractivity (Wildman–Crippen MR) is 107 cm³/mol. The van der Waals surface area contributed by atoms with E-state index in [4.69, 9.17) is 4.74 Å². The van der Waals surface area contributed by atoms with Crippen LogP contribution in [0, 0.1) is 0 Å². The van der Waals surface area contributed by atoms with Crippen LogP contribution in [0.2, 0.25) is 0 Å². The zero-order valence-electron chi connectivity index (χ0n) is 16.3. The summed E-state index contributed by atoms with van der Waals surface area (Å²) in [5, 5.41) is 2.59. The minimum atomic E-state index is -3.65. The number of ether oxygens (including phenoxy) is 2. The number of hydrogen-bond donors (Lipinski definition) is 1. The number of nitrogens with one attached hydrogen (secondary N) is 1. The lowest BCUT2D eigenvalue weighted by atomic mass is 10.2. The number of carbonyl (C=O) groups is 1. The number of hydrogen-bond acceptors (Lipinski definition) is 5. The molecular formula is C20H22F2N2O5S. The van der Waals surface area contributed by atoms with Crippen molar-refractivity contribution in [2.45, 2.75) is 30.8 Å². The molecule has 10 heteroatoms. The fourth-order valence-corrected chi connectivity index (χ4v) is 4.76. The van der Waals surface area contributed by atoms with E-state index in [1.54, 1.807) is 6.07 Å². The SMILES string of the molecule is COc1ccc(C(=O)Nc2cccc(S(=O)(=O)N3CCCCC3)c2)cc1OC(F)F. The van der Waals surface area contributed by atoms with Gasteiger partial charge in [0, 0.05) is 24.3 Å². The molecule has 30 heavy (non-hydrogen) atoms. The molecule has 1 fully saturated rings. The van der Waals surface area contributed by atoms with E-state index in [-0.39, 0.29) is 27.6 Å². The molecule has 0 bridgehead atoms. The Morgan fingerprint density at radius 2 is 1.80 bits per heavy atom. The van der Waals surface area contributed by atoms with Gasteiger partial charge in [-0.3, -0.25) is 4.79 Å². The first-order valence-corrected chi connectivity index (χ1v) is 10.8. The smallest absolute Gasteiger partial charge is 0.387 e. The van der Waals surface area contributed by atoms with E-state index in [1.807, 2.05) is 0 Å². The number of halogens is 2. The summed E-state index contributed by atoms with van der Waals surface area (Å²) in [5.74, 6) is -0.827. The molecule has 1 heterocycles. The lowest BCUT2D eigenvalue weighted by Crippen LogP contribution is -2.35. The quantitative estimate of drug-likeness (QED) is 0.709. The molecule has 7 nitrogen and oxygen atoms in total. The Morgan fingerprint density at radius 3 is 2.47 bits per heavy atom. The average Bonchev–Trinajstić information content (AvgIpc) is 2.74. The molecule has 162 valence electrons. The van der Waals surface area contributed by atoms with Crippen molar-refractivity contribution in [2.75, 3.05) is 25.5 Å². The number of sulfonamides is 1. The summed E-state index contributed by atoms with van der Waals surface area (Å²) in [6.45, 7) is -2.14. The summed E-state index contributed by atoms with van der Waals surface area (Å²) >= 11 is 0. The number of anilines is 1. The lowest BCUT2D eigenvalue weighted by Gasteiger charge is -2.26. The molecule has 1 amide bonds. The molecule has 0 spiro atoms. The van der Waals surface area contributed by atoms with E-state index < -0.39 is 22.5 Å². The van der Waals surface area contributed by atoms with Crippen LogP contribution in [0.1, 0.15) is 29.6 Å². The van der Waals surface area contributed by atoms with E-state index in [0.29, 0.717) is 13.1 Å². The fourth-order valence-electron chi connectivity index (χ4n) is 3.20. The highest BCUT2D eigenvalue weighted by Gasteiger charge is 2.26. The monoisotopic (exact) mass is 440 g/mol. The Labute approximate surface area is 173 Å². The van der Waals surface area contributed by atoms with Crippen LogP contribution in [-0.4, -0.2) is 45.4 Å². The Bertz CT molecular complexity index is 1010. The van der Waals surface area contributed by atoms with Crippen molar-refractivity contribution < 1.29 is 31.5 Å². The lowest BCUT2D eigenvalue weighted by molar-refractivity contribution is -0.0512. The van der Waals surface area contributed by atoms with Gasteiger partial charge in [0.2, 0.25) is 10.0 Å². The van der Waals surface area contributed by atoms with Crippen molar-refractivity contribution >= 4 is 21.6 Å². The summed E-state index contributed by atoms with van der Waals surface area (Å²) in [7, 11) is -2.36. The molecule has 2 aromatic carbocycles. The maximum Gasteiger partial charge on any atom is 0.387 e. The van der Waals surface area contributed by atoms with Gasteiger partial charge in [-0.2, -0.15) is 13.1 Å². The molecular weight excluding hydrogens is 418 g/mol. The van der Waals surface area contributed by atoms with Crippen LogP contribution in [0.5, 0.6) is 11.5 Å². The highest BCUT2D eigenvalue weighted by molar-refractivity contribution is 7.89. The van der Waals surface area contributed by atoms with E-state index in [1.165, 1.54) is 41.7 Å². The third-order valence-electron chi connectivity index (χ3n) is 4.69. The fraction of sp³-hybridized carbons (Fsp3) is 0.350. The van der Waals surface area contributed by atoms with Gasteiger partial charge in [0.1, 0.15) is 0 Å². The second kappa shape index (κ2) is 9.40. The number of rotatable bonds is 7. The predicted octanol–water partition coefficient (Wildman–Crippen LogP) is 3.72. The van der Waals surface area contributed by atoms with Crippen LogP contribution in [0.3, 0.4) is 0 Å². The van der Waals surface area contributed by atoms with E-state index in [0.717, 1.165) is 25.3 Å². The molecule has 1 aliphatic rings. The molecule has 1 saturated heterocycles. The van der Waals surface area contributed by atoms with Crippen LogP contribution in [0.25, 0.3) is 0 Å². The van der Waals surface area contributed by atoms with E-state index in [9.17, 15) is 22.0 Å². The molecule has 1 N–H and O–H groups in total. The van der Waals surface area contributed by atoms with Crippen molar-refractivity contribution in [3.8, 4) is 11.5 Å². The molecule has 1 aliphatic heterocycles.